The smallest absolute Gasteiger partial charge is 0.326 e. The molecule has 11 nitrogen and oxygen atoms in total. The molecule has 31 heavy (non-hydrogen) atoms. The Morgan fingerprint density at radius 1 is 0.968 bits per heavy atom. The first kappa shape index (κ1) is 25.6. The molecule has 0 saturated heterocycles. The number of amides is 3. The Morgan fingerprint density at radius 2 is 1.58 bits per heavy atom. The van der Waals surface area contributed by atoms with Gasteiger partial charge in [-0.3, -0.25) is 19.2 Å². The molecular weight excluding hydrogens is 408 g/mol. The molecule has 0 aromatic heterocycles. The van der Waals surface area contributed by atoms with E-state index in [1.54, 1.807) is 44.2 Å². The summed E-state index contributed by atoms with van der Waals surface area (Å²) in [5.74, 6) is -5.35. The number of nitrogens with one attached hydrogen (secondary N) is 3. The molecule has 1 rings (SSSR count). The number of nitrogens with two attached hydrogens (primary N) is 1. The van der Waals surface area contributed by atoms with Crippen LogP contribution in [0.15, 0.2) is 30.3 Å². The lowest BCUT2D eigenvalue weighted by Gasteiger charge is -2.20. The van der Waals surface area contributed by atoms with Crippen LogP contribution in [-0.2, 0) is 30.4 Å². The zero-order valence-corrected chi connectivity index (χ0v) is 17.3. The van der Waals surface area contributed by atoms with Crippen LogP contribution in [0.2, 0.25) is 0 Å². The lowest BCUT2D eigenvalue weighted by Crippen LogP contribution is -2.54. The second-order valence-corrected chi connectivity index (χ2v) is 7.30. The van der Waals surface area contributed by atoms with Crippen molar-refractivity contribution in [1.82, 2.24) is 16.0 Å². The molecule has 1 aromatic rings. The Hall–Kier alpha value is -3.47. The fourth-order valence-corrected chi connectivity index (χ4v) is 2.65. The van der Waals surface area contributed by atoms with Crippen molar-refractivity contribution in [2.45, 2.75) is 44.8 Å². The summed E-state index contributed by atoms with van der Waals surface area (Å²) in [4.78, 5) is 58.8. The second kappa shape index (κ2) is 12.3. The minimum Gasteiger partial charge on any atom is -0.481 e. The molecule has 0 aliphatic rings. The number of benzene rings is 1. The molecule has 0 aliphatic heterocycles. The Labute approximate surface area is 179 Å². The maximum atomic E-state index is 12.3. The van der Waals surface area contributed by atoms with E-state index in [-0.39, 0.29) is 12.3 Å². The molecule has 0 saturated carbocycles. The van der Waals surface area contributed by atoms with Crippen LogP contribution in [0.25, 0.3) is 0 Å². The lowest BCUT2D eigenvalue weighted by molar-refractivity contribution is -0.143. The highest BCUT2D eigenvalue weighted by atomic mass is 16.4. The molecule has 11 heteroatoms. The quantitative estimate of drug-likeness (QED) is 0.237. The summed E-state index contributed by atoms with van der Waals surface area (Å²) in [6.07, 6.45) is -0.538. The highest BCUT2D eigenvalue weighted by Gasteiger charge is 2.27. The third-order valence-electron chi connectivity index (χ3n) is 4.32. The van der Waals surface area contributed by atoms with Crippen molar-refractivity contribution in [1.29, 1.82) is 0 Å². The summed E-state index contributed by atoms with van der Waals surface area (Å²) in [5.41, 5.74) is 6.64. The fourth-order valence-electron chi connectivity index (χ4n) is 2.65. The predicted octanol–water partition coefficient (Wildman–Crippen LogP) is -1.14. The van der Waals surface area contributed by atoms with Gasteiger partial charge in [-0.05, 0) is 17.9 Å². The Morgan fingerprint density at radius 3 is 2.10 bits per heavy atom. The van der Waals surface area contributed by atoms with Crippen LogP contribution in [0.1, 0.15) is 25.8 Å². The zero-order valence-electron chi connectivity index (χ0n) is 17.3. The number of carboxylic acid groups (broad SMARTS) is 2. The van der Waals surface area contributed by atoms with E-state index in [1.165, 1.54) is 0 Å². The van der Waals surface area contributed by atoms with Gasteiger partial charge in [-0.25, -0.2) is 4.79 Å². The van der Waals surface area contributed by atoms with Gasteiger partial charge in [0.2, 0.25) is 17.7 Å². The Bertz CT molecular complexity index is 798. The van der Waals surface area contributed by atoms with Crippen LogP contribution in [-0.4, -0.2) is 64.5 Å². The first-order valence-corrected chi connectivity index (χ1v) is 9.62. The largest absolute Gasteiger partial charge is 0.481 e. The van der Waals surface area contributed by atoms with Gasteiger partial charge in [0.05, 0.1) is 19.0 Å². The average molecular weight is 436 g/mol. The second-order valence-electron chi connectivity index (χ2n) is 7.30. The van der Waals surface area contributed by atoms with Crippen molar-refractivity contribution in [3.05, 3.63) is 35.9 Å². The highest BCUT2D eigenvalue weighted by Crippen LogP contribution is 2.03. The third-order valence-corrected chi connectivity index (χ3v) is 4.32. The number of carboxylic acids is 2. The minimum atomic E-state index is -1.46. The van der Waals surface area contributed by atoms with E-state index >= 15 is 0 Å². The Kier molecular flexibility index (Phi) is 10.1. The number of rotatable bonds is 12. The molecule has 170 valence electrons. The van der Waals surface area contributed by atoms with Gasteiger partial charge in [0.25, 0.3) is 0 Å². The van der Waals surface area contributed by atoms with Gasteiger partial charge in [0.15, 0.2) is 0 Å². The van der Waals surface area contributed by atoms with Crippen LogP contribution in [0.3, 0.4) is 0 Å². The van der Waals surface area contributed by atoms with Gasteiger partial charge in [-0.2, -0.15) is 0 Å². The van der Waals surface area contributed by atoms with Gasteiger partial charge in [0, 0.05) is 0 Å². The van der Waals surface area contributed by atoms with Crippen molar-refractivity contribution in [3.63, 3.8) is 0 Å². The molecule has 0 heterocycles. The van der Waals surface area contributed by atoms with Gasteiger partial charge >= 0.3 is 11.9 Å². The molecule has 3 unspecified atom stereocenters. The molecule has 0 aliphatic carbocycles. The van der Waals surface area contributed by atoms with Crippen LogP contribution < -0.4 is 21.7 Å². The van der Waals surface area contributed by atoms with E-state index in [0.717, 1.165) is 5.56 Å². The number of hydrogen-bond acceptors (Lipinski definition) is 6. The normalized spacial score (nSPS) is 13.5. The topological polar surface area (TPSA) is 188 Å². The summed E-state index contributed by atoms with van der Waals surface area (Å²) >= 11 is 0. The molecule has 0 radical (unpaired) electrons. The Balaban J connectivity index is 2.67. The molecule has 3 amide bonds. The summed E-state index contributed by atoms with van der Waals surface area (Å²) in [6, 6.07) is 5.29. The lowest BCUT2D eigenvalue weighted by atomic mass is 10.0. The first-order valence-electron chi connectivity index (χ1n) is 9.62. The van der Waals surface area contributed by atoms with Crippen LogP contribution in [0.4, 0.5) is 0 Å². The standard InChI is InChI=1S/C20H28N4O7/c1-11(2)17(20(30)31)24-15(25)10-22-19(29)14(9-16(26)27)23-18(28)13(21)8-12-6-4-3-5-7-12/h3-7,11,13-14,17H,8-10,21H2,1-2H3,(H,22,29)(H,23,28)(H,24,25)(H,26,27)(H,30,31). The van der Waals surface area contributed by atoms with Gasteiger partial charge in [0.1, 0.15) is 12.1 Å². The monoisotopic (exact) mass is 436 g/mol. The molecule has 1 aromatic carbocycles. The number of carbonyl (C=O) groups excluding carboxylic acids is 3. The van der Waals surface area contributed by atoms with Crippen molar-refractivity contribution in [3.8, 4) is 0 Å². The van der Waals surface area contributed by atoms with Gasteiger partial charge in [-0.15, -0.1) is 0 Å². The number of hydrogen-bond donors (Lipinski definition) is 6. The summed E-state index contributed by atoms with van der Waals surface area (Å²) in [6.45, 7) is 2.63. The number of aliphatic carboxylic acids is 2. The van der Waals surface area contributed by atoms with E-state index in [0.29, 0.717) is 0 Å². The molecule has 0 spiro atoms. The number of carbonyl (C=O) groups is 5. The fraction of sp³-hybridized carbons (Fsp3) is 0.450. The van der Waals surface area contributed by atoms with E-state index < -0.39 is 60.8 Å². The SMILES string of the molecule is CC(C)C(NC(=O)CNC(=O)C(CC(=O)O)NC(=O)C(N)Cc1ccccc1)C(=O)O. The molecule has 7 N–H and O–H groups in total. The van der Waals surface area contributed by atoms with E-state index in [9.17, 15) is 24.0 Å². The predicted molar refractivity (Wildman–Crippen MR) is 110 cm³/mol. The molecular formula is C20H28N4O7. The minimum absolute atomic E-state index is 0.183. The van der Waals surface area contributed by atoms with Crippen LogP contribution in [0.5, 0.6) is 0 Å². The molecule has 0 bridgehead atoms. The van der Waals surface area contributed by atoms with E-state index in [1.807, 2.05) is 0 Å². The highest BCUT2D eigenvalue weighted by molar-refractivity contribution is 5.94. The van der Waals surface area contributed by atoms with E-state index in [2.05, 4.69) is 16.0 Å². The van der Waals surface area contributed by atoms with Crippen molar-refractivity contribution >= 4 is 29.7 Å². The van der Waals surface area contributed by atoms with Crippen molar-refractivity contribution in [2.24, 2.45) is 11.7 Å². The summed E-state index contributed by atoms with van der Waals surface area (Å²) < 4.78 is 0. The molecule has 0 fully saturated rings. The maximum absolute atomic E-state index is 12.3. The molecule has 3 atom stereocenters. The van der Waals surface area contributed by atoms with Crippen LogP contribution >= 0.6 is 0 Å². The third kappa shape index (κ3) is 9.26. The van der Waals surface area contributed by atoms with E-state index in [4.69, 9.17) is 15.9 Å². The maximum Gasteiger partial charge on any atom is 0.326 e. The zero-order chi connectivity index (χ0) is 23.6. The van der Waals surface area contributed by atoms with Crippen molar-refractivity contribution in [2.75, 3.05) is 6.54 Å². The van der Waals surface area contributed by atoms with Gasteiger partial charge < -0.3 is 31.9 Å². The van der Waals surface area contributed by atoms with Crippen molar-refractivity contribution < 1.29 is 34.2 Å². The summed E-state index contributed by atoms with van der Waals surface area (Å²) in [5, 5.41) is 24.9. The summed E-state index contributed by atoms with van der Waals surface area (Å²) in [7, 11) is 0. The first-order chi connectivity index (χ1) is 14.5. The van der Waals surface area contributed by atoms with Gasteiger partial charge in [-0.1, -0.05) is 44.2 Å². The average Bonchev–Trinajstić information content (AvgIpc) is 2.69. The van der Waals surface area contributed by atoms with Crippen LogP contribution in [0, 0.1) is 5.92 Å².